The third-order valence-electron chi connectivity index (χ3n) is 5.73. The maximum absolute atomic E-state index is 13.1. The van der Waals surface area contributed by atoms with Gasteiger partial charge in [0.2, 0.25) is 5.91 Å². The Bertz CT molecular complexity index is 859. The van der Waals surface area contributed by atoms with Crippen LogP contribution in [0.25, 0.3) is 0 Å². The molecule has 10 heteroatoms. The first kappa shape index (κ1) is 21.9. The maximum atomic E-state index is 13.1. The Hall–Kier alpha value is -1.81. The molecule has 1 spiro atoms. The number of nitrogens with zero attached hydrogens (tertiary/aromatic N) is 1. The molecule has 1 aliphatic carbocycles. The Morgan fingerprint density at radius 1 is 1.10 bits per heavy atom. The number of ether oxygens (including phenoxy) is 1. The number of carbonyl (C=O) groups excluding carboxylic acids is 1. The second kappa shape index (κ2) is 7.46. The minimum absolute atomic E-state index is 0.0657. The number of anilines is 1. The van der Waals surface area contributed by atoms with E-state index < -0.39 is 33.6 Å². The summed E-state index contributed by atoms with van der Waals surface area (Å²) in [6.45, 7) is -0.916. The molecule has 0 unspecified atom stereocenters. The van der Waals surface area contributed by atoms with Crippen LogP contribution in [0.15, 0.2) is 24.3 Å². The van der Waals surface area contributed by atoms with Crippen molar-refractivity contribution in [3.8, 4) is 5.75 Å². The lowest BCUT2D eigenvalue weighted by Gasteiger charge is -2.40. The van der Waals surface area contributed by atoms with E-state index in [0.29, 0.717) is 31.5 Å². The van der Waals surface area contributed by atoms with E-state index in [0.717, 1.165) is 6.26 Å². The molecule has 1 heterocycles. The first-order chi connectivity index (χ1) is 13.3. The average Bonchev–Trinajstić information content (AvgIpc) is 2.91. The first-order valence-electron chi connectivity index (χ1n) is 9.33. The molecule has 1 saturated heterocycles. The van der Waals surface area contributed by atoms with E-state index in [1.807, 2.05) is 0 Å². The quantitative estimate of drug-likeness (QED) is 0.769. The standard InChI is InChI=1S/C19H24F3NO5S/c1-29(26,27)13-18(25)8-6-17(7-9-18)10-11-23(16(17)24)14-2-4-15(5-3-14)28-12-19(20,21)22/h2-5,25H,6-13H2,1H3/t17-,18+. The molecule has 0 bridgehead atoms. The Balaban J connectivity index is 1.64. The van der Waals surface area contributed by atoms with Crippen LogP contribution in [0.5, 0.6) is 5.75 Å². The van der Waals surface area contributed by atoms with Gasteiger partial charge >= 0.3 is 6.18 Å². The van der Waals surface area contributed by atoms with Crippen LogP contribution in [-0.2, 0) is 14.6 Å². The predicted molar refractivity (Wildman–Crippen MR) is 101 cm³/mol. The van der Waals surface area contributed by atoms with E-state index in [4.69, 9.17) is 0 Å². The highest BCUT2D eigenvalue weighted by atomic mass is 32.2. The van der Waals surface area contributed by atoms with Gasteiger partial charge in [-0.05, 0) is 56.4 Å². The number of benzene rings is 1. The van der Waals surface area contributed by atoms with Crippen molar-refractivity contribution in [2.45, 2.75) is 43.9 Å². The third-order valence-corrected chi connectivity index (χ3v) is 6.79. The summed E-state index contributed by atoms with van der Waals surface area (Å²) in [7, 11) is -3.33. The zero-order valence-corrected chi connectivity index (χ0v) is 16.9. The topological polar surface area (TPSA) is 83.9 Å². The molecule has 6 nitrogen and oxygen atoms in total. The zero-order chi connectivity index (χ0) is 21.5. The van der Waals surface area contributed by atoms with Crippen molar-refractivity contribution >= 4 is 21.4 Å². The van der Waals surface area contributed by atoms with Gasteiger partial charge in [0.15, 0.2) is 6.61 Å². The first-order valence-corrected chi connectivity index (χ1v) is 11.4. The minimum Gasteiger partial charge on any atom is -0.484 e. The van der Waals surface area contributed by atoms with E-state index in [1.54, 1.807) is 17.0 Å². The van der Waals surface area contributed by atoms with Crippen molar-refractivity contribution in [2.75, 3.05) is 30.1 Å². The molecule has 3 rings (SSSR count). The van der Waals surface area contributed by atoms with Crippen LogP contribution in [0.1, 0.15) is 32.1 Å². The molecule has 1 saturated carbocycles. The summed E-state index contributed by atoms with van der Waals surface area (Å²) in [4.78, 5) is 14.7. The molecule has 2 aliphatic rings. The van der Waals surface area contributed by atoms with E-state index in [9.17, 15) is 31.5 Å². The third kappa shape index (κ3) is 5.22. The highest BCUT2D eigenvalue weighted by Crippen LogP contribution is 2.49. The highest BCUT2D eigenvalue weighted by molar-refractivity contribution is 7.90. The van der Waals surface area contributed by atoms with E-state index in [1.165, 1.54) is 12.1 Å². The van der Waals surface area contributed by atoms with E-state index in [2.05, 4.69) is 4.74 Å². The fraction of sp³-hybridized carbons (Fsp3) is 0.632. The van der Waals surface area contributed by atoms with Gasteiger partial charge in [-0.3, -0.25) is 4.79 Å². The molecule has 2 fully saturated rings. The summed E-state index contributed by atoms with van der Waals surface area (Å²) in [6.07, 6.45) is -1.46. The average molecular weight is 435 g/mol. The second-order valence-corrected chi connectivity index (χ2v) is 10.3. The Morgan fingerprint density at radius 2 is 1.69 bits per heavy atom. The number of hydrogen-bond donors (Lipinski definition) is 1. The number of alkyl halides is 3. The summed E-state index contributed by atoms with van der Waals surface area (Å²) in [5.41, 5.74) is -1.36. The van der Waals surface area contributed by atoms with Crippen LogP contribution in [0.3, 0.4) is 0 Å². The molecule has 1 aromatic carbocycles. The lowest BCUT2D eigenvalue weighted by molar-refractivity contribution is -0.153. The van der Waals surface area contributed by atoms with E-state index in [-0.39, 0.29) is 30.3 Å². The van der Waals surface area contributed by atoms with Gasteiger partial charge in [-0.1, -0.05) is 0 Å². The number of carbonyl (C=O) groups is 1. The molecule has 1 aliphatic heterocycles. The number of aliphatic hydroxyl groups is 1. The van der Waals surface area contributed by atoms with Gasteiger partial charge in [-0.2, -0.15) is 13.2 Å². The van der Waals surface area contributed by atoms with Gasteiger partial charge in [0.1, 0.15) is 15.6 Å². The summed E-state index contributed by atoms with van der Waals surface area (Å²) in [6, 6.07) is 5.88. The Labute approximate surface area is 167 Å². The van der Waals surface area contributed by atoms with Crippen molar-refractivity contribution in [3.63, 3.8) is 0 Å². The molecule has 1 aromatic rings. The number of sulfone groups is 1. The lowest BCUT2D eigenvalue weighted by Crippen LogP contribution is -2.46. The van der Waals surface area contributed by atoms with Crippen molar-refractivity contribution in [2.24, 2.45) is 5.41 Å². The van der Waals surface area contributed by atoms with Gasteiger partial charge in [0, 0.05) is 18.5 Å². The Morgan fingerprint density at radius 3 is 2.21 bits per heavy atom. The van der Waals surface area contributed by atoms with Gasteiger partial charge in [0.05, 0.1) is 16.8 Å². The van der Waals surface area contributed by atoms with Crippen molar-refractivity contribution in [3.05, 3.63) is 24.3 Å². The van der Waals surface area contributed by atoms with Crippen LogP contribution in [0.4, 0.5) is 18.9 Å². The van der Waals surface area contributed by atoms with Gasteiger partial charge < -0.3 is 14.7 Å². The largest absolute Gasteiger partial charge is 0.484 e. The predicted octanol–water partition coefficient (Wildman–Crippen LogP) is 2.70. The molecule has 0 aromatic heterocycles. The SMILES string of the molecule is CS(=O)(=O)C[C@]1(O)CC[C@]2(CCN(c3ccc(OCC(F)(F)F)cc3)C2=O)CC1. The number of halogens is 3. The summed E-state index contributed by atoms with van der Waals surface area (Å²) in [5, 5.41) is 10.6. The summed E-state index contributed by atoms with van der Waals surface area (Å²) >= 11 is 0. The molecule has 0 atom stereocenters. The lowest BCUT2D eigenvalue weighted by atomic mass is 9.68. The number of rotatable bonds is 5. The summed E-state index contributed by atoms with van der Waals surface area (Å²) in [5.74, 6) is -0.341. The van der Waals surface area contributed by atoms with Crippen molar-refractivity contribution in [1.82, 2.24) is 0 Å². The van der Waals surface area contributed by atoms with Crippen LogP contribution in [-0.4, -0.2) is 56.4 Å². The molecular formula is C19H24F3NO5S. The number of hydrogen-bond acceptors (Lipinski definition) is 5. The molecule has 1 N–H and O–H groups in total. The molecule has 1 amide bonds. The number of amides is 1. The highest BCUT2D eigenvalue weighted by Gasteiger charge is 2.52. The fourth-order valence-electron chi connectivity index (χ4n) is 4.24. The maximum Gasteiger partial charge on any atom is 0.422 e. The summed E-state index contributed by atoms with van der Waals surface area (Å²) < 4.78 is 64.5. The fourth-order valence-corrected chi connectivity index (χ4v) is 5.51. The van der Waals surface area contributed by atoms with Crippen LogP contribution in [0.2, 0.25) is 0 Å². The minimum atomic E-state index is -4.42. The van der Waals surface area contributed by atoms with Gasteiger partial charge in [-0.15, -0.1) is 0 Å². The van der Waals surface area contributed by atoms with Crippen molar-refractivity contribution in [1.29, 1.82) is 0 Å². The molecule has 162 valence electrons. The van der Waals surface area contributed by atoms with Gasteiger partial charge in [-0.25, -0.2) is 8.42 Å². The van der Waals surface area contributed by atoms with Gasteiger partial charge in [0.25, 0.3) is 0 Å². The normalized spacial score (nSPS) is 28.2. The van der Waals surface area contributed by atoms with Crippen molar-refractivity contribution < 1.29 is 36.2 Å². The van der Waals surface area contributed by atoms with Crippen LogP contribution >= 0.6 is 0 Å². The molecular weight excluding hydrogens is 411 g/mol. The smallest absolute Gasteiger partial charge is 0.422 e. The molecule has 29 heavy (non-hydrogen) atoms. The Kier molecular flexibility index (Phi) is 5.63. The second-order valence-electron chi connectivity index (χ2n) is 8.18. The molecule has 0 radical (unpaired) electrons. The van der Waals surface area contributed by atoms with Crippen LogP contribution in [0, 0.1) is 5.41 Å². The van der Waals surface area contributed by atoms with Crippen LogP contribution < -0.4 is 9.64 Å². The zero-order valence-electron chi connectivity index (χ0n) is 16.0. The monoisotopic (exact) mass is 435 g/mol. The van der Waals surface area contributed by atoms with E-state index >= 15 is 0 Å².